The Morgan fingerprint density at radius 3 is 2.90 bits per heavy atom. The number of aromatic nitrogens is 3. The number of hydrogen-bond acceptors (Lipinski definition) is 7. The van der Waals surface area contributed by atoms with Gasteiger partial charge in [-0.2, -0.15) is 0 Å². The number of carbonyl (C=O) groups excluding carboxylic acids is 1. The lowest BCUT2D eigenvalue weighted by atomic mass is 10.1. The van der Waals surface area contributed by atoms with Crippen LogP contribution in [-0.4, -0.2) is 27.8 Å². The summed E-state index contributed by atoms with van der Waals surface area (Å²) in [7, 11) is 3.23. The van der Waals surface area contributed by atoms with Gasteiger partial charge in [0.15, 0.2) is 5.58 Å². The van der Waals surface area contributed by atoms with Crippen LogP contribution in [0.15, 0.2) is 51.7 Å². The smallest absolute Gasteiger partial charge is 0.419 e. The first-order valence-corrected chi connectivity index (χ1v) is 9.71. The van der Waals surface area contributed by atoms with Crippen molar-refractivity contribution in [2.24, 2.45) is 7.05 Å². The molecule has 1 N–H and O–H groups in total. The van der Waals surface area contributed by atoms with E-state index in [0.29, 0.717) is 28.2 Å². The van der Waals surface area contributed by atoms with Crippen molar-refractivity contribution in [1.29, 1.82) is 0 Å². The molecule has 29 heavy (non-hydrogen) atoms. The Balaban J connectivity index is 1.42. The number of carbonyl (C=O) groups is 1. The lowest BCUT2D eigenvalue weighted by Gasteiger charge is -2.03. The van der Waals surface area contributed by atoms with Gasteiger partial charge in [-0.05, 0) is 42.3 Å². The van der Waals surface area contributed by atoms with Crippen LogP contribution in [0.2, 0.25) is 0 Å². The van der Waals surface area contributed by atoms with Gasteiger partial charge in [0.05, 0.1) is 12.6 Å². The highest BCUT2D eigenvalue weighted by Crippen LogP contribution is 2.21. The fourth-order valence-corrected chi connectivity index (χ4v) is 3.66. The number of benzene rings is 2. The topological polar surface area (TPSA) is 99.3 Å². The molecule has 4 rings (SSSR count). The molecule has 0 radical (unpaired) electrons. The molecule has 1 amide bonds. The molecule has 0 atom stereocenters. The number of nitrogens with one attached hydrogen (secondary N) is 1. The molecule has 0 aliphatic carbocycles. The van der Waals surface area contributed by atoms with Crippen LogP contribution in [0.25, 0.3) is 11.1 Å². The minimum absolute atomic E-state index is 0.323. The third-order valence-corrected chi connectivity index (χ3v) is 5.40. The van der Waals surface area contributed by atoms with E-state index >= 15 is 0 Å². The predicted octanol–water partition coefficient (Wildman–Crippen LogP) is 3.03. The number of fused-ring (bicyclic) bond motifs is 1. The molecule has 2 aromatic heterocycles. The molecule has 8 nitrogen and oxygen atoms in total. The molecular weight excluding hydrogens is 392 g/mol. The number of aryl methyl sites for hydroxylation is 3. The molecule has 0 saturated heterocycles. The van der Waals surface area contributed by atoms with E-state index in [9.17, 15) is 9.59 Å². The van der Waals surface area contributed by atoms with Crippen molar-refractivity contribution in [2.75, 3.05) is 12.4 Å². The van der Waals surface area contributed by atoms with Gasteiger partial charge in [-0.1, -0.05) is 23.5 Å². The number of rotatable bonds is 6. The van der Waals surface area contributed by atoms with Crippen LogP contribution in [-0.2, 0) is 19.9 Å². The molecule has 0 spiro atoms. The zero-order chi connectivity index (χ0) is 20.4. The Morgan fingerprint density at radius 2 is 2.07 bits per heavy atom. The lowest BCUT2D eigenvalue weighted by molar-refractivity contribution is 0.102. The molecule has 2 aromatic carbocycles. The van der Waals surface area contributed by atoms with Crippen LogP contribution >= 0.6 is 11.3 Å². The quantitative estimate of drug-likeness (QED) is 0.525. The summed E-state index contributed by atoms with van der Waals surface area (Å²) in [6, 6.07) is 12.7. The molecule has 0 saturated carbocycles. The van der Waals surface area contributed by atoms with Gasteiger partial charge in [0, 0.05) is 19.0 Å². The van der Waals surface area contributed by atoms with Gasteiger partial charge < -0.3 is 9.15 Å². The number of oxazole rings is 1. The van der Waals surface area contributed by atoms with E-state index in [1.54, 1.807) is 32.4 Å². The third-order valence-electron chi connectivity index (χ3n) is 4.50. The van der Waals surface area contributed by atoms with E-state index in [1.807, 2.05) is 24.3 Å². The number of amides is 1. The standard InChI is InChI=1S/C20H18N4O4S/c1-24-15-11-13(7-8-16(15)28-20(24)26)18(25)21-19-23-22-17(29-19)9-6-12-4-3-5-14(10-12)27-2/h3-5,7-8,10-11H,6,9H2,1-2H3,(H,21,23,25). The predicted molar refractivity (Wildman–Crippen MR) is 110 cm³/mol. The van der Waals surface area contributed by atoms with Crippen LogP contribution in [0, 0.1) is 0 Å². The lowest BCUT2D eigenvalue weighted by Crippen LogP contribution is -2.12. The number of hydrogen-bond donors (Lipinski definition) is 1. The van der Waals surface area contributed by atoms with Gasteiger partial charge in [0.2, 0.25) is 5.13 Å². The largest absolute Gasteiger partial charge is 0.497 e. The van der Waals surface area contributed by atoms with Gasteiger partial charge in [-0.15, -0.1) is 10.2 Å². The first-order valence-electron chi connectivity index (χ1n) is 8.90. The van der Waals surface area contributed by atoms with Crippen LogP contribution in [0.5, 0.6) is 5.75 Å². The van der Waals surface area contributed by atoms with Crippen molar-refractivity contribution in [3.05, 3.63) is 69.1 Å². The maximum Gasteiger partial charge on any atom is 0.419 e. The molecule has 0 fully saturated rings. The van der Waals surface area contributed by atoms with Crippen molar-refractivity contribution in [3.63, 3.8) is 0 Å². The summed E-state index contributed by atoms with van der Waals surface area (Å²) in [5.74, 6) is 0.0261. The highest BCUT2D eigenvalue weighted by molar-refractivity contribution is 7.15. The Kier molecular flexibility index (Phi) is 5.13. The van der Waals surface area contributed by atoms with Crippen LogP contribution in [0.3, 0.4) is 0 Å². The molecule has 148 valence electrons. The van der Waals surface area contributed by atoms with Gasteiger partial charge >= 0.3 is 5.76 Å². The minimum Gasteiger partial charge on any atom is -0.497 e. The summed E-state index contributed by atoms with van der Waals surface area (Å²) >= 11 is 1.34. The zero-order valence-electron chi connectivity index (χ0n) is 15.8. The molecule has 0 bridgehead atoms. The van der Waals surface area contributed by atoms with Gasteiger partial charge in [-0.3, -0.25) is 14.7 Å². The Hall–Kier alpha value is -3.46. The summed E-state index contributed by atoms with van der Waals surface area (Å²) in [6.07, 6.45) is 1.51. The van der Waals surface area contributed by atoms with E-state index in [-0.39, 0.29) is 5.91 Å². The van der Waals surface area contributed by atoms with Crippen molar-refractivity contribution >= 4 is 33.5 Å². The Bertz CT molecular complexity index is 1240. The van der Waals surface area contributed by atoms with Gasteiger partial charge in [0.1, 0.15) is 10.8 Å². The van der Waals surface area contributed by atoms with Crippen molar-refractivity contribution in [1.82, 2.24) is 14.8 Å². The van der Waals surface area contributed by atoms with E-state index in [2.05, 4.69) is 15.5 Å². The fourth-order valence-electron chi connectivity index (χ4n) is 2.92. The highest BCUT2D eigenvalue weighted by atomic mass is 32.1. The second-order valence-electron chi connectivity index (χ2n) is 6.42. The average Bonchev–Trinajstić information content (AvgIpc) is 3.30. The molecule has 0 unspecified atom stereocenters. The first-order chi connectivity index (χ1) is 14.0. The number of methoxy groups -OCH3 is 1. The van der Waals surface area contributed by atoms with E-state index in [4.69, 9.17) is 9.15 Å². The monoisotopic (exact) mass is 410 g/mol. The van der Waals surface area contributed by atoms with E-state index < -0.39 is 5.76 Å². The van der Waals surface area contributed by atoms with Gasteiger partial charge in [-0.25, -0.2) is 4.79 Å². The fraction of sp³-hybridized carbons (Fsp3) is 0.200. The molecule has 2 heterocycles. The zero-order valence-corrected chi connectivity index (χ0v) is 16.7. The molecule has 0 aliphatic rings. The average molecular weight is 410 g/mol. The third kappa shape index (κ3) is 4.04. The summed E-state index contributed by atoms with van der Waals surface area (Å²) in [5.41, 5.74) is 2.54. The van der Waals surface area contributed by atoms with Crippen LogP contribution < -0.4 is 15.8 Å². The highest BCUT2D eigenvalue weighted by Gasteiger charge is 2.13. The van der Waals surface area contributed by atoms with E-state index in [1.165, 1.54) is 15.9 Å². The second-order valence-corrected chi connectivity index (χ2v) is 7.48. The summed E-state index contributed by atoms with van der Waals surface area (Å²) in [4.78, 5) is 24.1. The molecular formula is C20H18N4O4S. The molecule has 9 heteroatoms. The maximum atomic E-state index is 12.5. The first kappa shape index (κ1) is 18.9. The number of anilines is 1. The minimum atomic E-state index is -0.470. The summed E-state index contributed by atoms with van der Waals surface area (Å²) < 4.78 is 11.7. The maximum absolute atomic E-state index is 12.5. The second kappa shape index (κ2) is 7.88. The number of ether oxygens (including phenoxy) is 1. The summed E-state index contributed by atoms with van der Waals surface area (Å²) in [6.45, 7) is 0. The summed E-state index contributed by atoms with van der Waals surface area (Å²) in [5, 5.41) is 12.2. The SMILES string of the molecule is COc1cccc(CCc2nnc(NC(=O)c3ccc4oc(=O)n(C)c4c3)s2)c1. The van der Waals surface area contributed by atoms with Crippen LogP contribution in [0.4, 0.5) is 5.13 Å². The number of nitrogens with zero attached hydrogens (tertiary/aromatic N) is 3. The Morgan fingerprint density at radius 1 is 1.21 bits per heavy atom. The Labute approximate surface area is 169 Å². The van der Waals surface area contributed by atoms with E-state index in [0.717, 1.165) is 22.7 Å². The van der Waals surface area contributed by atoms with Crippen molar-refractivity contribution in [3.8, 4) is 5.75 Å². The van der Waals surface area contributed by atoms with Gasteiger partial charge in [0.25, 0.3) is 5.91 Å². The normalized spacial score (nSPS) is 11.0. The molecule has 0 aliphatic heterocycles. The van der Waals surface area contributed by atoms with Crippen LogP contribution in [0.1, 0.15) is 20.9 Å². The van der Waals surface area contributed by atoms with Crippen molar-refractivity contribution < 1.29 is 13.9 Å². The van der Waals surface area contributed by atoms with Crippen molar-refractivity contribution in [2.45, 2.75) is 12.8 Å². The molecule has 4 aromatic rings.